The summed E-state index contributed by atoms with van der Waals surface area (Å²) >= 11 is 7.19. The van der Waals surface area contributed by atoms with Crippen molar-refractivity contribution < 1.29 is 9.50 Å². The summed E-state index contributed by atoms with van der Waals surface area (Å²) in [6, 6.07) is 4.14. The van der Waals surface area contributed by atoms with Gasteiger partial charge in [0, 0.05) is 16.9 Å². The Morgan fingerprint density at radius 1 is 1.40 bits per heavy atom. The fraction of sp³-hybridized carbons (Fsp3) is 0.429. The summed E-state index contributed by atoms with van der Waals surface area (Å²) in [4.78, 5) is 0.706. The lowest BCUT2D eigenvalue weighted by molar-refractivity contribution is 0.179. The maximum Gasteiger partial charge on any atom is 0.123 e. The monoisotopic (exact) mass is 314 g/mol. The first-order chi connectivity index (χ1) is 9.29. The third-order valence-electron chi connectivity index (χ3n) is 2.95. The van der Waals surface area contributed by atoms with Gasteiger partial charge in [0.25, 0.3) is 0 Å². The smallest absolute Gasteiger partial charge is 0.123 e. The second-order valence-corrected chi connectivity index (χ2v) is 6.88. The molecule has 0 aliphatic carbocycles. The van der Waals surface area contributed by atoms with Gasteiger partial charge >= 0.3 is 0 Å². The van der Waals surface area contributed by atoms with Gasteiger partial charge in [-0.25, -0.2) is 4.39 Å². The lowest BCUT2D eigenvalue weighted by Crippen LogP contribution is -2.16. The van der Waals surface area contributed by atoms with E-state index in [1.165, 1.54) is 29.7 Å². The van der Waals surface area contributed by atoms with E-state index in [1.54, 1.807) is 0 Å². The lowest BCUT2D eigenvalue weighted by atomic mass is 9.89. The zero-order valence-electron chi connectivity index (χ0n) is 11.5. The molecule has 1 aromatic carbocycles. The van der Waals surface area contributed by atoms with Crippen LogP contribution in [0.25, 0.3) is 0 Å². The molecule has 6 heteroatoms. The van der Waals surface area contributed by atoms with Crippen molar-refractivity contribution in [1.82, 2.24) is 9.59 Å². The van der Waals surface area contributed by atoms with Crippen LogP contribution in [0.4, 0.5) is 4.39 Å². The summed E-state index contributed by atoms with van der Waals surface area (Å²) in [7, 11) is 0. The van der Waals surface area contributed by atoms with Gasteiger partial charge in [-0.1, -0.05) is 36.9 Å². The zero-order valence-corrected chi connectivity index (χ0v) is 13.1. The van der Waals surface area contributed by atoms with Crippen LogP contribution in [0, 0.1) is 5.82 Å². The van der Waals surface area contributed by atoms with Gasteiger partial charge in [-0.3, -0.25) is 0 Å². The molecule has 0 saturated heterocycles. The highest BCUT2D eigenvalue weighted by molar-refractivity contribution is 7.05. The Morgan fingerprint density at radius 3 is 2.75 bits per heavy atom. The number of halogens is 2. The van der Waals surface area contributed by atoms with E-state index >= 15 is 0 Å². The van der Waals surface area contributed by atoms with Crippen molar-refractivity contribution in [3.05, 3.63) is 45.2 Å². The van der Waals surface area contributed by atoms with E-state index in [0.29, 0.717) is 15.5 Å². The average Bonchev–Trinajstić information content (AvgIpc) is 2.82. The molecular formula is C14H16ClFN2OS. The highest BCUT2D eigenvalue weighted by Gasteiger charge is 2.26. The highest BCUT2D eigenvalue weighted by Crippen LogP contribution is 2.33. The van der Waals surface area contributed by atoms with Crippen molar-refractivity contribution in [3.8, 4) is 0 Å². The fourth-order valence-corrected chi connectivity index (χ4v) is 2.98. The molecule has 2 aromatic rings. The fourth-order valence-electron chi connectivity index (χ4n) is 1.94. The molecule has 1 atom stereocenters. The molecule has 108 valence electrons. The number of nitrogens with zero attached hydrogens (tertiary/aromatic N) is 2. The van der Waals surface area contributed by atoms with E-state index in [1.807, 2.05) is 20.8 Å². The number of aromatic nitrogens is 2. The van der Waals surface area contributed by atoms with E-state index in [0.717, 1.165) is 5.69 Å². The lowest BCUT2D eigenvalue weighted by Gasteiger charge is -2.19. The van der Waals surface area contributed by atoms with Crippen molar-refractivity contribution in [2.75, 3.05) is 0 Å². The predicted octanol–water partition coefficient (Wildman–Crippen LogP) is 3.90. The minimum Gasteiger partial charge on any atom is -0.387 e. The maximum atomic E-state index is 13.2. The van der Waals surface area contributed by atoms with Crippen molar-refractivity contribution in [1.29, 1.82) is 0 Å². The van der Waals surface area contributed by atoms with Crippen LogP contribution in [0.5, 0.6) is 0 Å². The van der Waals surface area contributed by atoms with Crippen LogP contribution in [0.1, 0.15) is 43.0 Å². The molecule has 0 aliphatic rings. The topological polar surface area (TPSA) is 46.0 Å². The van der Waals surface area contributed by atoms with Gasteiger partial charge in [-0.05, 0) is 35.3 Å². The zero-order chi connectivity index (χ0) is 14.9. The standard InChI is InChI=1S/C14H16ClFN2OS/c1-14(2,3)13-12(20-18-17-13)11(19)7-8-6-9(16)4-5-10(8)15/h4-6,11,19H,7H2,1-3H3. The Labute approximate surface area is 126 Å². The van der Waals surface area contributed by atoms with E-state index < -0.39 is 6.10 Å². The van der Waals surface area contributed by atoms with E-state index in [9.17, 15) is 9.50 Å². The van der Waals surface area contributed by atoms with Crippen molar-refractivity contribution >= 4 is 23.1 Å². The van der Waals surface area contributed by atoms with Crippen LogP contribution in [0.3, 0.4) is 0 Å². The second kappa shape index (κ2) is 5.76. The number of benzene rings is 1. The van der Waals surface area contributed by atoms with Crippen LogP contribution in [-0.2, 0) is 11.8 Å². The van der Waals surface area contributed by atoms with Crippen molar-refractivity contribution in [3.63, 3.8) is 0 Å². The number of aliphatic hydroxyl groups excluding tert-OH is 1. The molecule has 1 unspecified atom stereocenters. The molecule has 3 nitrogen and oxygen atoms in total. The van der Waals surface area contributed by atoms with Crippen LogP contribution in [0.2, 0.25) is 5.02 Å². The third kappa shape index (κ3) is 3.34. The van der Waals surface area contributed by atoms with Crippen LogP contribution in [0.15, 0.2) is 18.2 Å². The molecule has 0 spiro atoms. The SMILES string of the molecule is CC(C)(C)c1nnsc1C(O)Cc1cc(F)ccc1Cl. The molecule has 0 fully saturated rings. The second-order valence-electron chi connectivity index (χ2n) is 5.69. The first kappa shape index (κ1) is 15.4. The Balaban J connectivity index is 2.27. The Bertz CT molecular complexity index is 609. The van der Waals surface area contributed by atoms with E-state index in [-0.39, 0.29) is 17.7 Å². The Kier molecular flexibility index (Phi) is 4.42. The molecule has 0 bridgehead atoms. The summed E-state index contributed by atoms with van der Waals surface area (Å²) in [6.07, 6.45) is -0.549. The minimum atomic E-state index is -0.788. The summed E-state index contributed by atoms with van der Waals surface area (Å²) in [5.74, 6) is -0.366. The maximum absolute atomic E-state index is 13.2. The van der Waals surface area contributed by atoms with Gasteiger partial charge in [-0.2, -0.15) is 0 Å². The molecule has 2 rings (SSSR count). The summed E-state index contributed by atoms with van der Waals surface area (Å²) in [6.45, 7) is 6.03. The van der Waals surface area contributed by atoms with Crippen LogP contribution < -0.4 is 0 Å². The summed E-state index contributed by atoms with van der Waals surface area (Å²) in [5, 5.41) is 14.9. The average molecular weight is 315 g/mol. The predicted molar refractivity (Wildman–Crippen MR) is 78.7 cm³/mol. The van der Waals surface area contributed by atoms with Crippen molar-refractivity contribution in [2.24, 2.45) is 0 Å². The molecule has 0 aliphatic heterocycles. The summed E-state index contributed by atoms with van der Waals surface area (Å²) < 4.78 is 17.2. The van der Waals surface area contributed by atoms with Gasteiger partial charge in [0.1, 0.15) is 5.82 Å². The van der Waals surface area contributed by atoms with Gasteiger partial charge in [0.05, 0.1) is 16.7 Å². The Morgan fingerprint density at radius 2 is 2.10 bits per heavy atom. The van der Waals surface area contributed by atoms with E-state index in [4.69, 9.17) is 11.6 Å². The molecule has 20 heavy (non-hydrogen) atoms. The van der Waals surface area contributed by atoms with Gasteiger partial charge < -0.3 is 5.11 Å². The molecule has 0 saturated carbocycles. The number of rotatable bonds is 3. The highest BCUT2D eigenvalue weighted by atomic mass is 35.5. The molecule has 1 N–H and O–H groups in total. The van der Waals surface area contributed by atoms with E-state index in [2.05, 4.69) is 9.59 Å². The molecule has 0 amide bonds. The van der Waals surface area contributed by atoms with Gasteiger partial charge in [0.2, 0.25) is 0 Å². The third-order valence-corrected chi connectivity index (χ3v) is 4.14. The number of aliphatic hydroxyl groups is 1. The largest absolute Gasteiger partial charge is 0.387 e. The Hall–Kier alpha value is -1.04. The molecular weight excluding hydrogens is 299 g/mol. The van der Waals surface area contributed by atoms with Gasteiger partial charge in [-0.15, -0.1) is 5.10 Å². The van der Waals surface area contributed by atoms with Crippen LogP contribution in [-0.4, -0.2) is 14.7 Å². The first-order valence-electron chi connectivity index (χ1n) is 6.23. The number of hydrogen-bond acceptors (Lipinski definition) is 4. The molecule has 1 aromatic heterocycles. The quantitative estimate of drug-likeness (QED) is 0.934. The normalized spacial score (nSPS) is 13.5. The van der Waals surface area contributed by atoms with Crippen LogP contribution >= 0.6 is 23.1 Å². The first-order valence-corrected chi connectivity index (χ1v) is 7.39. The number of hydrogen-bond donors (Lipinski definition) is 1. The van der Waals surface area contributed by atoms with Crippen molar-refractivity contribution in [2.45, 2.75) is 38.7 Å². The van der Waals surface area contributed by atoms with Gasteiger partial charge in [0.15, 0.2) is 0 Å². The molecule has 1 heterocycles. The molecule has 0 radical (unpaired) electrons. The minimum absolute atomic E-state index is 0.199. The summed E-state index contributed by atoms with van der Waals surface area (Å²) in [5.41, 5.74) is 1.14.